The molecule has 0 N–H and O–H groups in total. The largest absolute Gasteiger partial charge is 0.368 e. The van der Waals surface area contributed by atoms with Crippen LogP contribution in [0.4, 0.5) is 5.69 Å². The van der Waals surface area contributed by atoms with E-state index in [1.165, 1.54) is 11.3 Å². The predicted molar refractivity (Wildman–Crippen MR) is 85.1 cm³/mol. The van der Waals surface area contributed by atoms with Crippen molar-refractivity contribution < 1.29 is 0 Å². The van der Waals surface area contributed by atoms with Crippen LogP contribution in [-0.2, 0) is 5.33 Å². The SMILES string of the molecule is CCN(c1cc(Cl)ccc1CBr)C(C)CN(C)C. The highest BCUT2D eigenvalue weighted by molar-refractivity contribution is 9.08. The molecule has 0 aliphatic rings. The van der Waals surface area contributed by atoms with Gasteiger partial charge in [-0.15, -0.1) is 0 Å². The fourth-order valence-corrected chi connectivity index (χ4v) is 2.90. The Morgan fingerprint density at radius 3 is 2.50 bits per heavy atom. The maximum atomic E-state index is 6.13. The molecule has 0 fully saturated rings. The first kappa shape index (κ1) is 15.8. The van der Waals surface area contributed by atoms with Gasteiger partial charge >= 0.3 is 0 Å². The highest BCUT2D eigenvalue weighted by Crippen LogP contribution is 2.28. The number of benzene rings is 1. The Morgan fingerprint density at radius 2 is 2.00 bits per heavy atom. The van der Waals surface area contributed by atoms with Gasteiger partial charge in [-0.1, -0.05) is 33.6 Å². The average Bonchev–Trinajstić information content (AvgIpc) is 2.29. The van der Waals surface area contributed by atoms with E-state index in [0.717, 1.165) is 23.4 Å². The summed E-state index contributed by atoms with van der Waals surface area (Å²) >= 11 is 9.68. The first-order valence-corrected chi connectivity index (χ1v) is 7.75. The van der Waals surface area contributed by atoms with Gasteiger partial charge in [0.05, 0.1) is 0 Å². The van der Waals surface area contributed by atoms with Crippen molar-refractivity contribution >= 4 is 33.2 Å². The molecule has 0 aromatic heterocycles. The molecule has 0 aliphatic carbocycles. The van der Waals surface area contributed by atoms with E-state index >= 15 is 0 Å². The molecular formula is C14H22BrClN2. The molecule has 4 heteroatoms. The molecule has 0 saturated heterocycles. The normalized spacial score (nSPS) is 12.8. The van der Waals surface area contributed by atoms with Gasteiger partial charge in [0.15, 0.2) is 0 Å². The van der Waals surface area contributed by atoms with Crippen LogP contribution in [0.2, 0.25) is 5.02 Å². The number of hydrogen-bond acceptors (Lipinski definition) is 2. The molecular weight excluding hydrogens is 312 g/mol. The van der Waals surface area contributed by atoms with Gasteiger partial charge in [0.25, 0.3) is 0 Å². The second kappa shape index (κ2) is 7.37. The second-order valence-corrected chi connectivity index (χ2v) is 5.80. The molecule has 1 rings (SSSR count). The van der Waals surface area contributed by atoms with Crippen molar-refractivity contribution in [1.29, 1.82) is 0 Å². The van der Waals surface area contributed by atoms with Crippen molar-refractivity contribution in [1.82, 2.24) is 4.90 Å². The summed E-state index contributed by atoms with van der Waals surface area (Å²) in [5, 5.41) is 1.65. The Morgan fingerprint density at radius 1 is 1.33 bits per heavy atom. The summed E-state index contributed by atoms with van der Waals surface area (Å²) in [6.07, 6.45) is 0. The third-order valence-corrected chi connectivity index (χ3v) is 3.84. The molecule has 0 aliphatic heterocycles. The summed E-state index contributed by atoms with van der Waals surface area (Å²) in [6, 6.07) is 6.57. The van der Waals surface area contributed by atoms with E-state index < -0.39 is 0 Å². The molecule has 0 radical (unpaired) electrons. The van der Waals surface area contributed by atoms with E-state index in [4.69, 9.17) is 11.6 Å². The molecule has 0 heterocycles. The van der Waals surface area contributed by atoms with Gasteiger partial charge in [-0.3, -0.25) is 0 Å². The Kier molecular flexibility index (Phi) is 6.47. The summed E-state index contributed by atoms with van der Waals surface area (Å²) in [5.74, 6) is 0. The Hall–Kier alpha value is -0.250. The molecule has 0 bridgehead atoms. The van der Waals surface area contributed by atoms with Crippen molar-refractivity contribution in [2.75, 3.05) is 32.1 Å². The van der Waals surface area contributed by atoms with E-state index in [0.29, 0.717) is 6.04 Å². The second-order valence-electron chi connectivity index (χ2n) is 4.80. The highest BCUT2D eigenvalue weighted by Gasteiger charge is 2.16. The minimum Gasteiger partial charge on any atom is -0.368 e. The molecule has 1 aromatic rings. The summed E-state index contributed by atoms with van der Waals surface area (Å²) in [4.78, 5) is 4.62. The number of hydrogen-bond donors (Lipinski definition) is 0. The van der Waals surface area contributed by atoms with Crippen molar-refractivity contribution in [3.05, 3.63) is 28.8 Å². The van der Waals surface area contributed by atoms with Crippen LogP contribution >= 0.6 is 27.5 Å². The lowest BCUT2D eigenvalue weighted by molar-refractivity contribution is 0.373. The van der Waals surface area contributed by atoms with Crippen molar-refractivity contribution in [2.45, 2.75) is 25.2 Å². The molecule has 0 spiro atoms. The summed E-state index contributed by atoms with van der Waals surface area (Å²) in [5.41, 5.74) is 2.52. The number of nitrogens with zero attached hydrogens (tertiary/aromatic N) is 2. The highest BCUT2D eigenvalue weighted by atomic mass is 79.9. The molecule has 2 nitrogen and oxygen atoms in total. The van der Waals surface area contributed by atoms with Gasteiger partial charge in [-0.2, -0.15) is 0 Å². The van der Waals surface area contributed by atoms with Gasteiger partial charge in [-0.25, -0.2) is 0 Å². The Bertz CT molecular complexity index is 382. The third kappa shape index (κ3) is 4.15. The first-order chi connectivity index (χ1) is 8.49. The quantitative estimate of drug-likeness (QED) is 0.726. The van der Waals surface area contributed by atoms with Crippen LogP contribution in [0, 0.1) is 0 Å². The zero-order valence-corrected chi connectivity index (χ0v) is 13.9. The van der Waals surface area contributed by atoms with Gasteiger partial charge in [0, 0.05) is 35.2 Å². The Balaban J connectivity index is 3.03. The lowest BCUT2D eigenvalue weighted by Crippen LogP contribution is -2.40. The zero-order chi connectivity index (χ0) is 13.7. The van der Waals surface area contributed by atoms with Crippen molar-refractivity contribution in [2.24, 2.45) is 0 Å². The van der Waals surface area contributed by atoms with Crippen LogP contribution in [0.25, 0.3) is 0 Å². The number of anilines is 1. The minimum atomic E-state index is 0.460. The molecule has 1 atom stereocenters. The van der Waals surface area contributed by atoms with Crippen LogP contribution in [0.15, 0.2) is 18.2 Å². The average molecular weight is 334 g/mol. The van der Waals surface area contributed by atoms with E-state index in [-0.39, 0.29) is 0 Å². The van der Waals surface area contributed by atoms with E-state index in [9.17, 15) is 0 Å². The fraction of sp³-hybridized carbons (Fsp3) is 0.571. The van der Waals surface area contributed by atoms with Crippen LogP contribution in [0.3, 0.4) is 0 Å². The zero-order valence-electron chi connectivity index (χ0n) is 11.6. The number of likely N-dealkylation sites (N-methyl/N-ethyl adjacent to an activating group) is 2. The van der Waals surface area contributed by atoms with Gasteiger partial charge < -0.3 is 9.80 Å². The maximum absolute atomic E-state index is 6.13. The van der Waals surface area contributed by atoms with Crippen LogP contribution in [0.1, 0.15) is 19.4 Å². The predicted octanol–water partition coefficient (Wildman–Crippen LogP) is 4.01. The molecule has 0 amide bonds. The fourth-order valence-electron chi connectivity index (χ4n) is 2.26. The molecule has 18 heavy (non-hydrogen) atoms. The summed E-state index contributed by atoms with van der Waals surface area (Å²) in [7, 11) is 4.21. The number of alkyl halides is 1. The molecule has 0 saturated carbocycles. The minimum absolute atomic E-state index is 0.460. The summed E-state index contributed by atoms with van der Waals surface area (Å²) in [6.45, 7) is 6.45. The monoisotopic (exact) mass is 332 g/mol. The smallest absolute Gasteiger partial charge is 0.0426 e. The number of halogens is 2. The van der Waals surface area contributed by atoms with Gasteiger partial charge in [0.2, 0.25) is 0 Å². The summed E-state index contributed by atoms with van der Waals surface area (Å²) < 4.78 is 0. The van der Waals surface area contributed by atoms with Gasteiger partial charge in [0.1, 0.15) is 0 Å². The lowest BCUT2D eigenvalue weighted by atomic mass is 10.1. The first-order valence-electron chi connectivity index (χ1n) is 6.25. The molecule has 1 unspecified atom stereocenters. The standard InChI is InChI=1S/C14H22BrClN2/c1-5-18(11(2)10-17(3)4)14-8-13(16)7-6-12(14)9-15/h6-8,11H,5,9-10H2,1-4H3. The lowest BCUT2D eigenvalue weighted by Gasteiger charge is -2.33. The number of rotatable bonds is 6. The van der Waals surface area contributed by atoms with Crippen LogP contribution in [0.5, 0.6) is 0 Å². The van der Waals surface area contributed by atoms with Crippen LogP contribution < -0.4 is 4.90 Å². The molecule has 102 valence electrons. The van der Waals surface area contributed by atoms with E-state index in [2.05, 4.69) is 65.8 Å². The Labute approximate surface area is 124 Å². The van der Waals surface area contributed by atoms with E-state index in [1.54, 1.807) is 0 Å². The maximum Gasteiger partial charge on any atom is 0.0426 e. The van der Waals surface area contributed by atoms with Crippen molar-refractivity contribution in [3.63, 3.8) is 0 Å². The topological polar surface area (TPSA) is 6.48 Å². The third-order valence-electron chi connectivity index (χ3n) is 3.00. The van der Waals surface area contributed by atoms with E-state index in [1.807, 2.05) is 6.07 Å². The van der Waals surface area contributed by atoms with Gasteiger partial charge in [-0.05, 0) is 45.6 Å². The molecule has 1 aromatic carbocycles. The van der Waals surface area contributed by atoms with Crippen molar-refractivity contribution in [3.8, 4) is 0 Å². The van der Waals surface area contributed by atoms with Crippen LogP contribution in [-0.4, -0.2) is 38.1 Å².